The molecular formula is C25H23F4N3O5S. The molecule has 13 heteroatoms. The third-order valence-corrected chi connectivity index (χ3v) is 6.35. The Morgan fingerprint density at radius 1 is 0.947 bits per heavy atom. The van der Waals surface area contributed by atoms with Gasteiger partial charge in [0.1, 0.15) is 5.82 Å². The van der Waals surface area contributed by atoms with Crippen LogP contribution in [0.1, 0.15) is 25.6 Å². The average Bonchev–Trinajstić information content (AvgIpc) is 3.40. The molecule has 1 amide bonds. The number of carboxylic acid groups (broad SMARTS) is 2. The van der Waals surface area contributed by atoms with E-state index in [9.17, 15) is 32.3 Å². The molecule has 3 N–H and O–H groups in total. The zero-order valence-electron chi connectivity index (χ0n) is 19.7. The number of piperazine rings is 1. The highest BCUT2D eigenvalue weighted by Crippen LogP contribution is 2.27. The molecule has 1 saturated heterocycles. The second-order valence-corrected chi connectivity index (χ2v) is 9.11. The van der Waals surface area contributed by atoms with Crippen LogP contribution in [0.25, 0.3) is 0 Å². The first-order valence-electron chi connectivity index (χ1n) is 11.2. The van der Waals surface area contributed by atoms with Crippen molar-refractivity contribution < 1.29 is 42.2 Å². The summed E-state index contributed by atoms with van der Waals surface area (Å²) in [4.78, 5) is 37.9. The number of hydrogen-bond donors (Lipinski definition) is 3. The number of aromatic carboxylic acids is 1. The standard InChI is InChI=1S/C23H22FN3O3S.C2HF3O2/c24-17-4-1-3-16(13-17)15-26-8-10-27(11-9-26)20-7-6-18(14-19(20)23(29)30)25-22(28)21-5-2-12-31-21;3-2(4,5)1(6)7/h1-7,12-14H,8-11,15H2,(H,25,28)(H,29,30);(H,6,7). The minimum Gasteiger partial charge on any atom is -0.478 e. The molecule has 0 bridgehead atoms. The number of nitrogens with zero attached hydrogens (tertiary/aromatic N) is 2. The van der Waals surface area contributed by atoms with Crippen molar-refractivity contribution in [1.29, 1.82) is 0 Å². The Morgan fingerprint density at radius 3 is 2.18 bits per heavy atom. The van der Waals surface area contributed by atoms with Gasteiger partial charge >= 0.3 is 18.1 Å². The lowest BCUT2D eigenvalue weighted by Gasteiger charge is -2.36. The minimum absolute atomic E-state index is 0.155. The van der Waals surface area contributed by atoms with Crippen LogP contribution in [-0.2, 0) is 11.3 Å². The van der Waals surface area contributed by atoms with Gasteiger partial charge in [-0.25, -0.2) is 14.0 Å². The number of carbonyl (C=O) groups excluding carboxylic acids is 1. The lowest BCUT2D eigenvalue weighted by atomic mass is 10.1. The van der Waals surface area contributed by atoms with Gasteiger partial charge < -0.3 is 20.4 Å². The third kappa shape index (κ3) is 8.02. The van der Waals surface area contributed by atoms with E-state index in [1.165, 1.54) is 29.5 Å². The summed E-state index contributed by atoms with van der Waals surface area (Å²) in [7, 11) is 0. The predicted molar refractivity (Wildman–Crippen MR) is 133 cm³/mol. The molecule has 8 nitrogen and oxygen atoms in total. The number of thiophene rings is 1. The van der Waals surface area contributed by atoms with Gasteiger partial charge in [0.25, 0.3) is 5.91 Å². The number of aliphatic carboxylic acids is 1. The molecule has 0 atom stereocenters. The van der Waals surface area contributed by atoms with Crippen molar-refractivity contribution in [3.8, 4) is 0 Å². The van der Waals surface area contributed by atoms with Crippen LogP contribution in [0.4, 0.5) is 28.9 Å². The van der Waals surface area contributed by atoms with E-state index < -0.39 is 18.1 Å². The van der Waals surface area contributed by atoms with Crippen molar-refractivity contribution in [3.05, 3.63) is 81.8 Å². The van der Waals surface area contributed by atoms with Gasteiger partial charge in [-0.1, -0.05) is 18.2 Å². The topological polar surface area (TPSA) is 110 Å². The largest absolute Gasteiger partial charge is 0.490 e. The first kappa shape index (κ1) is 28.6. The van der Waals surface area contributed by atoms with Crippen LogP contribution in [0, 0.1) is 5.82 Å². The molecule has 1 aliphatic rings. The van der Waals surface area contributed by atoms with E-state index in [0.29, 0.717) is 35.9 Å². The smallest absolute Gasteiger partial charge is 0.478 e. The van der Waals surface area contributed by atoms with Gasteiger partial charge in [-0.2, -0.15) is 13.2 Å². The second kappa shape index (κ2) is 12.5. The van der Waals surface area contributed by atoms with Crippen LogP contribution in [0.2, 0.25) is 0 Å². The zero-order chi connectivity index (χ0) is 27.9. The van der Waals surface area contributed by atoms with Crippen LogP contribution in [0.5, 0.6) is 0 Å². The summed E-state index contributed by atoms with van der Waals surface area (Å²) in [6, 6.07) is 15.1. The van der Waals surface area contributed by atoms with Gasteiger partial charge in [-0.15, -0.1) is 11.3 Å². The minimum atomic E-state index is -5.08. The van der Waals surface area contributed by atoms with E-state index >= 15 is 0 Å². The molecule has 38 heavy (non-hydrogen) atoms. The van der Waals surface area contributed by atoms with Crippen molar-refractivity contribution in [2.45, 2.75) is 12.7 Å². The number of carbonyl (C=O) groups is 3. The summed E-state index contributed by atoms with van der Waals surface area (Å²) < 4.78 is 45.1. The number of benzene rings is 2. The predicted octanol–water partition coefficient (Wildman–Crippen LogP) is 4.79. The fraction of sp³-hybridized carbons (Fsp3) is 0.240. The van der Waals surface area contributed by atoms with E-state index in [2.05, 4.69) is 10.2 Å². The zero-order valence-corrected chi connectivity index (χ0v) is 20.6. The number of alkyl halides is 3. The van der Waals surface area contributed by atoms with Crippen LogP contribution >= 0.6 is 11.3 Å². The van der Waals surface area contributed by atoms with Crippen molar-refractivity contribution in [1.82, 2.24) is 4.90 Å². The number of carboxylic acids is 2. The summed E-state index contributed by atoms with van der Waals surface area (Å²) in [6.07, 6.45) is -5.08. The molecular weight excluding hydrogens is 530 g/mol. The van der Waals surface area contributed by atoms with Crippen molar-refractivity contribution in [2.24, 2.45) is 0 Å². The maximum atomic E-state index is 13.4. The van der Waals surface area contributed by atoms with Crippen molar-refractivity contribution in [2.75, 3.05) is 36.4 Å². The highest BCUT2D eigenvalue weighted by atomic mass is 32.1. The third-order valence-electron chi connectivity index (χ3n) is 5.48. The van der Waals surface area contributed by atoms with E-state index in [1.807, 2.05) is 16.3 Å². The summed E-state index contributed by atoms with van der Waals surface area (Å²) in [6.45, 7) is 3.47. The second-order valence-electron chi connectivity index (χ2n) is 8.16. The summed E-state index contributed by atoms with van der Waals surface area (Å²) >= 11 is 1.33. The number of amides is 1. The molecule has 0 radical (unpaired) electrons. The molecule has 3 aromatic rings. The van der Waals surface area contributed by atoms with Crippen molar-refractivity contribution in [3.63, 3.8) is 0 Å². The molecule has 1 aliphatic heterocycles. The molecule has 4 rings (SSSR count). The average molecular weight is 554 g/mol. The Balaban J connectivity index is 0.000000505. The number of anilines is 2. The Kier molecular flexibility index (Phi) is 9.42. The van der Waals surface area contributed by atoms with Gasteiger partial charge in [0.05, 0.1) is 16.1 Å². The molecule has 0 aliphatic carbocycles. The van der Waals surface area contributed by atoms with Gasteiger partial charge in [-0.3, -0.25) is 9.69 Å². The van der Waals surface area contributed by atoms with Gasteiger partial charge in [0.2, 0.25) is 0 Å². The van der Waals surface area contributed by atoms with E-state index in [-0.39, 0.29) is 17.3 Å². The van der Waals surface area contributed by atoms with E-state index in [0.717, 1.165) is 18.7 Å². The number of nitrogens with one attached hydrogen (secondary N) is 1. The molecule has 2 aromatic carbocycles. The Bertz CT molecular complexity index is 1280. The van der Waals surface area contributed by atoms with Crippen molar-refractivity contribution >= 4 is 40.6 Å². The number of rotatable bonds is 6. The monoisotopic (exact) mass is 553 g/mol. The molecule has 202 valence electrons. The SMILES string of the molecule is O=C(Nc1ccc(N2CCN(Cc3cccc(F)c3)CC2)c(C(=O)O)c1)c1cccs1.O=C(O)C(F)(F)F. The lowest BCUT2D eigenvalue weighted by Crippen LogP contribution is -2.46. The lowest BCUT2D eigenvalue weighted by molar-refractivity contribution is -0.192. The van der Waals surface area contributed by atoms with Crippen LogP contribution < -0.4 is 10.2 Å². The van der Waals surface area contributed by atoms with E-state index in [1.54, 1.807) is 30.3 Å². The molecule has 0 saturated carbocycles. The molecule has 1 fully saturated rings. The summed E-state index contributed by atoms with van der Waals surface area (Å²) in [5.41, 5.74) is 2.16. The Morgan fingerprint density at radius 2 is 1.63 bits per heavy atom. The number of hydrogen-bond acceptors (Lipinski definition) is 6. The fourth-order valence-electron chi connectivity index (χ4n) is 3.70. The normalized spacial score (nSPS) is 13.8. The number of halogens is 4. The first-order valence-corrected chi connectivity index (χ1v) is 12.1. The molecule has 0 spiro atoms. The van der Waals surface area contributed by atoms with Gasteiger partial charge in [-0.05, 0) is 47.3 Å². The van der Waals surface area contributed by atoms with Gasteiger partial charge in [0, 0.05) is 38.4 Å². The summed E-state index contributed by atoms with van der Waals surface area (Å²) in [5, 5.41) is 21.4. The van der Waals surface area contributed by atoms with Gasteiger partial charge in [0.15, 0.2) is 0 Å². The summed E-state index contributed by atoms with van der Waals surface area (Å²) in [5.74, 6) is -4.30. The highest BCUT2D eigenvalue weighted by molar-refractivity contribution is 7.12. The van der Waals surface area contributed by atoms with Crippen LogP contribution in [0.3, 0.4) is 0 Å². The molecule has 0 unspecified atom stereocenters. The van der Waals surface area contributed by atoms with Crippen LogP contribution in [-0.4, -0.2) is 65.3 Å². The molecule has 1 aromatic heterocycles. The maximum absolute atomic E-state index is 13.4. The Hall–Kier alpha value is -3.97. The fourth-order valence-corrected chi connectivity index (χ4v) is 4.32. The van der Waals surface area contributed by atoms with Crippen LogP contribution in [0.15, 0.2) is 60.0 Å². The first-order chi connectivity index (χ1) is 17.9. The maximum Gasteiger partial charge on any atom is 0.490 e. The quantitative estimate of drug-likeness (QED) is 0.377. The highest BCUT2D eigenvalue weighted by Gasteiger charge is 2.38. The Labute approximate surface area is 218 Å². The molecule has 2 heterocycles. The van der Waals surface area contributed by atoms with E-state index in [4.69, 9.17) is 9.90 Å².